The summed E-state index contributed by atoms with van der Waals surface area (Å²) in [6.45, 7) is 5.51. The lowest BCUT2D eigenvalue weighted by Gasteiger charge is -2.19. The number of thioether (sulfide) groups is 1. The lowest BCUT2D eigenvalue weighted by atomic mass is 10.2. The summed E-state index contributed by atoms with van der Waals surface area (Å²) in [5, 5.41) is 3.32. The van der Waals surface area contributed by atoms with Gasteiger partial charge < -0.3 is 4.74 Å². The van der Waals surface area contributed by atoms with Crippen LogP contribution in [0.2, 0.25) is 0 Å². The Morgan fingerprint density at radius 1 is 1.73 bits per heavy atom. The fourth-order valence-corrected chi connectivity index (χ4v) is 2.81. The highest BCUT2D eigenvalue weighted by molar-refractivity contribution is 14.1. The van der Waals surface area contributed by atoms with Crippen molar-refractivity contribution in [3.63, 3.8) is 0 Å². The molecule has 6 heteroatoms. The Morgan fingerprint density at radius 3 is 2.87 bits per heavy atom. The van der Waals surface area contributed by atoms with E-state index in [1.165, 1.54) is 0 Å². The predicted octanol–water partition coefficient (Wildman–Crippen LogP) is 2.42. The largest absolute Gasteiger partial charge is 0.444 e. The first-order valence-corrected chi connectivity index (χ1v) is 7.18. The van der Waals surface area contributed by atoms with Gasteiger partial charge in [0.1, 0.15) is 5.60 Å². The van der Waals surface area contributed by atoms with Crippen LogP contribution in [0.4, 0.5) is 4.79 Å². The van der Waals surface area contributed by atoms with Crippen LogP contribution in [0.1, 0.15) is 20.8 Å². The van der Waals surface area contributed by atoms with Crippen molar-refractivity contribution >= 4 is 45.6 Å². The van der Waals surface area contributed by atoms with Gasteiger partial charge in [-0.1, -0.05) is 34.4 Å². The molecular weight excluding hydrogens is 327 g/mol. The van der Waals surface area contributed by atoms with Crippen LogP contribution in [0.15, 0.2) is 4.99 Å². The average molecular weight is 342 g/mol. The highest BCUT2D eigenvalue weighted by Gasteiger charge is 2.21. The smallest absolute Gasteiger partial charge is 0.413 e. The summed E-state index contributed by atoms with van der Waals surface area (Å²) in [5.41, 5.74) is -0.462. The second-order valence-electron chi connectivity index (χ2n) is 4.18. The molecule has 1 heterocycles. The second kappa shape index (κ2) is 5.38. The Hall–Kier alpha value is 0.0200. The van der Waals surface area contributed by atoms with E-state index in [0.29, 0.717) is 11.2 Å². The molecule has 1 atom stereocenters. The topological polar surface area (TPSA) is 50.7 Å². The number of rotatable bonds is 1. The number of aliphatic imine (C=N–C) groups is 1. The van der Waals surface area contributed by atoms with Crippen molar-refractivity contribution in [2.75, 3.05) is 10.2 Å². The van der Waals surface area contributed by atoms with E-state index in [0.717, 1.165) is 10.2 Å². The van der Waals surface area contributed by atoms with Crippen molar-refractivity contribution < 1.29 is 9.53 Å². The quantitative estimate of drug-likeness (QED) is 0.588. The standard InChI is InChI=1S/C9H15IN2O2S/c1-9(2,3)14-8(13)12-7-11-6(4-10)5-15-7/h6H,4-5H2,1-3H3,(H,11,12,13)/t6-/m1/s1. The van der Waals surface area contributed by atoms with Gasteiger partial charge in [0.05, 0.1) is 6.04 Å². The van der Waals surface area contributed by atoms with E-state index in [2.05, 4.69) is 32.9 Å². The van der Waals surface area contributed by atoms with E-state index >= 15 is 0 Å². The molecule has 0 radical (unpaired) electrons. The molecule has 1 N–H and O–H groups in total. The molecule has 15 heavy (non-hydrogen) atoms. The highest BCUT2D eigenvalue weighted by Crippen LogP contribution is 2.18. The van der Waals surface area contributed by atoms with E-state index in [9.17, 15) is 4.79 Å². The van der Waals surface area contributed by atoms with E-state index in [-0.39, 0.29) is 0 Å². The van der Waals surface area contributed by atoms with Crippen LogP contribution in [0.3, 0.4) is 0 Å². The lowest BCUT2D eigenvalue weighted by molar-refractivity contribution is 0.0564. The number of nitrogens with zero attached hydrogens (tertiary/aromatic N) is 1. The third kappa shape index (κ3) is 5.05. The minimum Gasteiger partial charge on any atom is -0.444 e. The first-order chi connectivity index (χ1) is 6.90. The number of alkyl halides is 1. The van der Waals surface area contributed by atoms with Gasteiger partial charge in [-0.15, -0.1) is 0 Å². The molecule has 0 aromatic rings. The molecule has 1 rings (SSSR count). The molecular formula is C9H15IN2O2S. The summed E-state index contributed by atoms with van der Waals surface area (Å²) in [7, 11) is 0. The number of hydrogen-bond acceptors (Lipinski definition) is 4. The average Bonchev–Trinajstić information content (AvgIpc) is 2.48. The van der Waals surface area contributed by atoms with Gasteiger partial charge in [0.2, 0.25) is 0 Å². The molecule has 0 aromatic carbocycles. The first kappa shape index (κ1) is 13.1. The van der Waals surface area contributed by atoms with E-state index in [1.54, 1.807) is 11.8 Å². The van der Waals surface area contributed by atoms with Crippen LogP contribution in [0.25, 0.3) is 0 Å². The normalized spacial score (nSPS) is 21.1. The second-order valence-corrected chi connectivity index (χ2v) is 6.07. The van der Waals surface area contributed by atoms with Crippen LogP contribution >= 0.6 is 34.4 Å². The van der Waals surface area contributed by atoms with Crippen LogP contribution < -0.4 is 5.32 Å². The fraction of sp³-hybridized carbons (Fsp3) is 0.778. The van der Waals surface area contributed by atoms with Crippen molar-refractivity contribution in [1.82, 2.24) is 5.32 Å². The van der Waals surface area contributed by atoms with Gasteiger partial charge in [-0.3, -0.25) is 10.3 Å². The predicted molar refractivity (Wildman–Crippen MR) is 71.9 cm³/mol. The zero-order valence-electron chi connectivity index (χ0n) is 9.04. The van der Waals surface area contributed by atoms with E-state index in [1.807, 2.05) is 20.8 Å². The van der Waals surface area contributed by atoms with Crippen LogP contribution in [0.5, 0.6) is 0 Å². The summed E-state index contributed by atoms with van der Waals surface area (Å²) in [5.74, 6) is 0.939. The number of ether oxygens (including phenoxy) is 1. The molecule has 1 aliphatic rings. The molecule has 0 unspecified atom stereocenters. The van der Waals surface area contributed by atoms with Gasteiger partial charge in [0.15, 0.2) is 5.17 Å². The number of carbonyl (C=O) groups is 1. The summed E-state index contributed by atoms with van der Waals surface area (Å²) in [4.78, 5) is 15.7. The fourth-order valence-electron chi connectivity index (χ4n) is 0.954. The Kier molecular flexibility index (Phi) is 4.69. The number of alkyl carbamates (subject to hydrolysis) is 1. The zero-order chi connectivity index (χ0) is 11.5. The van der Waals surface area contributed by atoms with Gasteiger partial charge in [-0.05, 0) is 20.8 Å². The number of nitrogens with one attached hydrogen (secondary N) is 1. The van der Waals surface area contributed by atoms with Crippen molar-refractivity contribution in [3.05, 3.63) is 0 Å². The Labute approximate surface area is 108 Å². The summed E-state index contributed by atoms with van der Waals surface area (Å²) < 4.78 is 6.10. The van der Waals surface area contributed by atoms with Gasteiger partial charge in [-0.25, -0.2) is 4.79 Å². The van der Waals surface area contributed by atoms with E-state index < -0.39 is 11.7 Å². The molecule has 86 valence electrons. The van der Waals surface area contributed by atoms with Crippen molar-refractivity contribution in [1.29, 1.82) is 0 Å². The van der Waals surface area contributed by atoms with Crippen LogP contribution in [-0.2, 0) is 4.74 Å². The van der Waals surface area contributed by atoms with Gasteiger partial charge >= 0.3 is 6.09 Å². The maximum atomic E-state index is 11.4. The van der Waals surface area contributed by atoms with Crippen LogP contribution in [0, 0.1) is 0 Å². The molecule has 0 fully saturated rings. The van der Waals surface area contributed by atoms with Gasteiger partial charge in [0.25, 0.3) is 0 Å². The minimum absolute atomic E-state index is 0.320. The molecule has 0 saturated heterocycles. The number of hydrogen-bond donors (Lipinski definition) is 1. The summed E-state index contributed by atoms with van der Waals surface area (Å²) in [6.07, 6.45) is -0.428. The Morgan fingerprint density at radius 2 is 2.40 bits per heavy atom. The maximum Gasteiger partial charge on any atom is 0.413 e. The summed E-state index contributed by atoms with van der Waals surface area (Å²) >= 11 is 3.85. The Bertz CT molecular complexity index is 276. The first-order valence-electron chi connectivity index (χ1n) is 4.67. The van der Waals surface area contributed by atoms with Gasteiger partial charge in [-0.2, -0.15) is 0 Å². The monoisotopic (exact) mass is 342 g/mol. The molecule has 1 aliphatic heterocycles. The number of amides is 1. The molecule has 4 nitrogen and oxygen atoms in total. The third-order valence-electron chi connectivity index (χ3n) is 1.50. The molecule has 0 spiro atoms. The third-order valence-corrected chi connectivity index (χ3v) is 3.55. The molecule has 0 aromatic heterocycles. The lowest BCUT2D eigenvalue weighted by Crippen LogP contribution is -2.34. The van der Waals surface area contributed by atoms with Crippen molar-refractivity contribution in [2.24, 2.45) is 4.99 Å². The number of carbonyl (C=O) groups excluding carboxylic acids is 1. The molecule has 0 saturated carbocycles. The molecule has 0 bridgehead atoms. The summed E-state index contributed by atoms with van der Waals surface area (Å²) in [6, 6.07) is 0.320. The SMILES string of the molecule is CC(C)(C)OC(=O)NC1=N[C@H](CI)CS1. The molecule has 1 amide bonds. The van der Waals surface area contributed by atoms with Crippen LogP contribution in [-0.4, -0.2) is 33.1 Å². The van der Waals surface area contributed by atoms with Crippen molar-refractivity contribution in [2.45, 2.75) is 32.4 Å². The highest BCUT2D eigenvalue weighted by atomic mass is 127. The minimum atomic E-state index is -0.462. The van der Waals surface area contributed by atoms with E-state index in [4.69, 9.17) is 4.74 Å². The van der Waals surface area contributed by atoms with Crippen molar-refractivity contribution in [3.8, 4) is 0 Å². The number of amidine groups is 1. The molecule has 0 aliphatic carbocycles. The van der Waals surface area contributed by atoms with Gasteiger partial charge in [0, 0.05) is 10.2 Å². The zero-order valence-corrected chi connectivity index (χ0v) is 12.0. The number of halogens is 1. The maximum absolute atomic E-state index is 11.4. The Balaban J connectivity index is 2.39.